The van der Waals surface area contributed by atoms with Crippen molar-refractivity contribution in [3.63, 3.8) is 0 Å². The van der Waals surface area contributed by atoms with Gasteiger partial charge in [0.15, 0.2) is 0 Å². The van der Waals surface area contributed by atoms with Crippen LogP contribution in [-0.4, -0.2) is 23.0 Å². The maximum Gasteiger partial charge on any atom is 0.274 e. The summed E-state index contributed by atoms with van der Waals surface area (Å²) in [5.41, 5.74) is 4.49. The van der Waals surface area contributed by atoms with Crippen molar-refractivity contribution in [2.45, 2.75) is 20.8 Å². The average Bonchev–Trinajstić information content (AvgIpc) is 2.65. The SMILES string of the molecule is COc1ccc(C)cc1Nc1nccc(C(=O)Nc2c(C)cc(C)cc2Cl)n1. The summed E-state index contributed by atoms with van der Waals surface area (Å²) in [5.74, 6) is 0.588. The molecule has 0 saturated heterocycles. The normalized spacial score (nSPS) is 10.5. The number of halogens is 1. The average molecular weight is 397 g/mol. The summed E-state index contributed by atoms with van der Waals surface area (Å²) in [5, 5.41) is 6.42. The van der Waals surface area contributed by atoms with Gasteiger partial charge in [0.05, 0.1) is 23.5 Å². The first-order valence-corrected chi connectivity index (χ1v) is 9.08. The molecule has 2 aromatic carbocycles. The molecule has 1 amide bonds. The Bertz CT molecular complexity index is 1010. The molecule has 1 heterocycles. The molecule has 0 spiro atoms. The van der Waals surface area contributed by atoms with Gasteiger partial charge in [0.25, 0.3) is 5.91 Å². The fraction of sp³-hybridized carbons (Fsp3) is 0.190. The van der Waals surface area contributed by atoms with Gasteiger partial charge < -0.3 is 15.4 Å². The topological polar surface area (TPSA) is 76.1 Å². The first-order valence-electron chi connectivity index (χ1n) is 8.70. The summed E-state index contributed by atoms with van der Waals surface area (Å²) < 4.78 is 5.35. The Balaban J connectivity index is 1.84. The molecule has 0 radical (unpaired) electrons. The van der Waals surface area contributed by atoms with Gasteiger partial charge in [-0.2, -0.15) is 0 Å². The van der Waals surface area contributed by atoms with E-state index in [1.165, 1.54) is 6.20 Å². The zero-order valence-corrected chi connectivity index (χ0v) is 16.9. The van der Waals surface area contributed by atoms with E-state index in [2.05, 4.69) is 20.6 Å². The van der Waals surface area contributed by atoms with Gasteiger partial charge in [0.1, 0.15) is 11.4 Å². The van der Waals surface area contributed by atoms with E-state index >= 15 is 0 Å². The van der Waals surface area contributed by atoms with Crippen LogP contribution in [0.1, 0.15) is 27.2 Å². The first kappa shape index (κ1) is 19.6. The molecule has 0 fully saturated rings. The van der Waals surface area contributed by atoms with Gasteiger partial charge in [-0.3, -0.25) is 4.79 Å². The molecule has 1 aromatic heterocycles. The Morgan fingerprint density at radius 1 is 1.07 bits per heavy atom. The lowest BCUT2D eigenvalue weighted by atomic mass is 10.1. The van der Waals surface area contributed by atoms with Crippen molar-refractivity contribution in [1.82, 2.24) is 9.97 Å². The molecule has 2 N–H and O–H groups in total. The number of aryl methyl sites for hydroxylation is 3. The van der Waals surface area contributed by atoms with Crippen LogP contribution >= 0.6 is 11.6 Å². The number of benzene rings is 2. The highest BCUT2D eigenvalue weighted by Gasteiger charge is 2.14. The number of anilines is 3. The highest BCUT2D eigenvalue weighted by atomic mass is 35.5. The monoisotopic (exact) mass is 396 g/mol. The van der Waals surface area contributed by atoms with E-state index in [1.807, 2.05) is 45.0 Å². The number of hydrogen-bond donors (Lipinski definition) is 2. The van der Waals surface area contributed by atoms with Gasteiger partial charge in [0.2, 0.25) is 5.95 Å². The number of nitrogens with zero attached hydrogens (tertiary/aromatic N) is 2. The van der Waals surface area contributed by atoms with Gasteiger partial charge >= 0.3 is 0 Å². The molecule has 0 saturated carbocycles. The number of amides is 1. The standard InChI is InChI=1S/C21H21ClN4O2/c1-12-5-6-18(28-4)17(11-12)25-21-23-8-7-16(24-21)20(27)26-19-14(3)9-13(2)10-15(19)22/h5-11H,1-4H3,(H,26,27)(H,23,24,25). The molecule has 0 aliphatic carbocycles. The maximum atomic E-state index is 12.7. The minimum atomic E-state index is -0.365. The lowest BCUT2D eigenvalue weighted by Gasteiger charge is -2.13. The molecule has 0 atom stereocenters. The van der Waals surface area contributed by atoms with Crippen LogP contribution in [0.25, 0.3) is 0 Å². The smallest absolute Gasteiger partial charge is 0.274 e. The Morgan fingerprint density at radius 2 is 1.86 bits per heavy atom. The maximum absolute atomic E-state index is 12.7. The van der Waals surface area contributed by atoms with Crippen LogP contribution in [0.15, 0.2) is 42.6 Å². The van der Waals surface area contributed by atoms with Gasteiger partial charge in [-0.1, -0.05) is 23.7 Å². The molecule has 0 aliphatic heterocycles. The Kier molecular flexibility index (Phi) is 5.80. The lowest BCUT2D eigenvalue weighted by Crippen LogP contribution is -2.16. The number of carbonyl (C=O) groups excluding carboxylic acids is 1. The van der Waals surface area contributed by atoms with Crippen LogP contribution in [0, 0.1) is 20.8 Å². The number of aromatic nitrogens is 2. The van der Waals surface area contributed by atoms with E-state index in [1.54, 1.807) is 19.2 Å². The summed E-state index contributed by atoms with van der Waals surface area (Å²) in [6, 6.07) is 11.0. The second kappa shape index (κ2) is 8.27. The zero-order chi connectivity index (χ0) is 20.3. The number of methoxy groups -OCH3 is 1. The van der Waals surface area contributed by atoms with Gasteiger partial charge in [0, 0.05) is 6.20 Å². The largest absolute Gasteiger partial charge is 0.495 e. The van der Waals surface area contributed by atoms with E-state index in [-0.39, 0.29) is 11.6 Å². The van der Waals surface area contributed by atoms with Crippen molar-refractivity contribution in [3.05, 3.63) is 70.0 Å². The molecule has 144 valence electrons. The van der Waals surface area contributed by atoms with E-state index in [0.717, 1.165) is 22.4 Å². The third-order valence-corrected chi connectivity index (χ3v) is 4.46. The fourth-order valence-corrected chi connectivity index (χ4v) is 3.21. The molecule has 0 aliphatic rings. The Morgan fingerprint density at radius 3 is 2.57 bits per heavy atom. The molecule has 0 bridgehead atoms. The van der Waals surface area contributed by atoms with Crippen LogP contribution in [-0.2, 0) is 0 Å². The number of carbonyl (C=O) groups is 1. The predicted octanol–water partition coefficient (Wildman–Crippen LogP) is 5.06. The molecule has 3 aromatic rings. The van der Waals surface area contributed by atoms with Crippen LogP contribution in [0.5, 0.6) is 5.75 Å². The van der Waals surface area contributed by atoms with E-state index in [4.69, 9.17) is 16.3 Å². The van der Waals surface area contributed by atoms with Crippen LogP contribution in [0.2, 0.25) is 5.02 Å². The van der Waals surface area contributed by atoms with E-state index < -0.39 is 0 Å². The molecule has 28 heavy (non-hydrogen) atoms. The molecule has 3 rings (SSSR count). The van der Waals surface area contributed by atoms with Crippen molar-refractivity contribution in [2.75, 3.05) is 17.7 Å². The number of nitrogens with one attached hydrogen (secondary N) is 2. The van der Waals surface area contributed by atoms with Gasteiger partial charge in [-0.25, -0.2) is 9.97 Å². The molecule has 0 unspecified atom stereocenters. The zero-order valence-electron chi connectivity index (χ0n) is 16.1. The van der Waals surface area contributed by atoms with Crippen molar-refractivity contribution in [3.8, 4) is 5.75 Å². The highest BCUT2D eigenvalue weighted by molar-refractivity contribution is 6.34. The van der Waals surface area contributed by atoms with Crippen molar-refractivity contribution in [2.24, 2.45) is 0 Å². The third-order valence-electron chi connectivity index (χ3n) is 4.16. The lowest BCUT2D eigenvalue weighted by molar-refractivity contribution is 0.102. The first-order chi connectivity index (χ1) is 13.4. The second-order valence-electron chi connectivity index (χ2n) is 6.49. The summed E-state index contributed by atoms with van der Waals surface area (Å²) in [4.78, 5) is 21.2. The summed E-state index contributed by atoms with van der Waals surface area (Å²) >= 11 is 6.28. The number of rotatable bonds is 5. The van der Waals surface area contributed by atoms with Crippen LogP contribution in [0.4, 0.5) is 17.3 Å². The molecular formula is C21H21ClN4O2. The third kappa shape index (κ3) is 4.40. The second-order valence-corrected chi connectivity index (χ2v) is 6.89. The Hall–Kier alpha value is -3.12. The molecule has 6 nitrogen and oxygen atoms in total. The minimum Gasteiger partial charge on any atom is -0.495 e. The van der Waals surface area contributed by atoms with Gasteiger partial charge in [-0.15, -0.1) is 0 Å². The van der Waals surface area contributed by atoms with Crippen LogP contribution in [0.3, 0.4) is 0 Å². The highest BCUT2D eigenvalue weighted by Crippen LogP contribution is 2.29. The summed E-state index contributed by atoms with van der Waals surface area (Å²) in [6.07, 6.45) is 1.52. The summed E-state index contributed by atoms with van der Waals surface area (Å²) in [7, 11) is 1.59. The van der Waals surface area contributed by atoms with Crippen LogP contribution < -0.4 is 15.4 Å². The van der Waals surface area contributed by atoms with E-state index in [0.29, 0.717) is 22.4 Å². The molecular weight excluding hydrogens is 376 g/mol. The fourth-order valence-electron chi connectivity index (χ4n) is 2.84. The summed E-state index contributed by atoms with van der Waals surface area (Å²) in [6.45, 7) is 5.82. The molecule has 7 heteroatoms. The quantitative estimate of drug-likeness (QED) is 0.630. The van der Waals surface area contributed by atoms with E-state index in [9.17, 15) is 4.79 Å². The minimum absolute atomic E-state index is 0.222. The Labute approximate surface area is 168 Å². The van der Waals surface area contributed by atoms with Crippen molar-refractivity contribution >= 4 is 34.8 Å². The number of hydrogen-bond acceptors (Lipinski definition) is 5. The van der Waals surface area contributed by atoms with Gasteiger partial charge in [-0.05, 0) is 61.7 Å². The predicted molar refractivity (Wildman–Crippen MR) is 112 cm³/mol. The van der Waals surface area contributed by atoms with Crippen molar-refractivity contribution < 1.29 is 9.53 Å². The van der Waals surface area contributed by atoms with Crippen molar-refractivity contribution in [1.29, 1.82) is 0 Å². The number of ether oxygens (including phenoxy) is 1.